The molecule has 0 heterocycles. The third-order valence-corrected chi connectivity index (χ3v) is 2.95. The number of hydrogen-bond donors (Lipinski definition) is 7. The molecule has 0 aromatic heterocycles. The molecule has 0 rings (SSSR count). The summed E-state index contributed by atoms with van der Waals surface area (Å²) in [5, 5.41) is 10.9. The third kappa shape index (κ3) is 24.7. The van der Waals surface area contributed by atoms with Crippen molar-refractivity contribution in [2.75, 3.05) is 60.7 Å². The lowest BCUT2D eigenvalue weighted by atomic mass is 9.88. The van der Waals surface area contributed by atoms with Crippen LogP contribution in [0.4, 0.5) is 0 Å². The lowest BCUT2D eigenvalue weighted by molar-refractivity contribution is -0.141. The lowest BCUT2D eigenvalue weighted by Crippen LogP contribution is -2.41. The Labute approximate surface area is 196 Å². The fraction of sp³-hybridized carbons (Fsp3) is 0.800. The molecule has 0 aromatic carbocycles. The van der Waals surface area contributed by atoms with Crippen LogP contribution in [0.2, 0.25) is 0 Å². The first-order valence-electron chi connectivity index (χ1n) is 9.68. The van der Waals surface area contributed by atoms with E-state index >= 15 is 0 Å². The third-order valence-electron chi connectivity index (χ3n) is 2.95. The summed E-state index contributed by atoms with van der Waals surface area (Å²) in [7, 11) is 7.86. The van der Waals surface area contributed by atoms with Gasteiger partial charge in [-0.15, -0.1) is 0 Å². The molecule has 0 fully saturated rings. The summed E-state index contributed by atoms with van der Waals surface area (Å²) in [6, 6.07) is 0. The summed E-state index contributed by atoms with van der Waals surface area (Å²) in [6.07, 6.45) is 0. The molecule has 0 aliphatic rings. The molecule has 0 spiro atoms. The number of aliphatic carboxylic acids is 1. The maximum Gasteiger partial charge on any atom is 0.323 e. The Balaban J connectivity index is -0.000000411. The van der Waals surface area contributed by atoms with E-state index in [1.807, 2.05) is 0 Å². The van der Waals surface area contributed by atoms with Gasteiger partial charge in [0.1, 0.15) is 17.8 Å². The minimum absolute atomic E-state index is 0.293. The Kier molecular flexibility index (Phi) is 28.8. The highest BCUT2D eigenvalue weighted by Crippen LogP contribution is 1.85. The smallest absolute Gasteiger partial charge is 0.323 e. The van der Waals surface area contributed by atoms with E-state index in [0.717, 1.165) is 7.48 Å². The highest BCUT2D eigenvalue weighted by Gasteiger charge is 2.19. The molecule has 0 aliphatic heterocycles. The van der Waals surface area contributed by atoms with Crippen molar-refractivity contribution >= 4 is 40.4 Å². The minimum Gasteiger partial charge on any atom is -0.481 e. The van der Waals surface area contributed by atoms with Gasteiger partial charge in [0.15, 0.2) is 0 Å². The van der Waals surface area contributed by atoms with Crippen LogP contribution < -0.4 is 34.0 Å². The van der Waals surface area contributed by atoms with Crippen molar-refractivity contribution in [2.24, 2.45) is 28.7 Å². The van der Waals surface area contributed by atoms with E-state index in [-0.39, 0.29) is 5.97 Å². The number of methoxy groups -OCH3 is 2. The van der Waals surface area contributed by atoms with Crippen LogP contribution in [0.15, 0.2) is 0 Å². The molecule has 189 valence electrons. The van der Waals surface area contributed by atoms with Crippen molar-refractivity contribution < 1.29 is 42.9 Å². The van der Waals surface area contributed by atoms with Crippen molar-refractivity contribution in [1.82, 2.24) is 5.32 Å². The number of carboxylic acids is 1. The monoisotopic (exact) mass is 477 g/mol. The minimum atomic E-state index is -1.11. The van der Waals surface area contributed by atoms with Crippen LogP contribution in [0.5, 0.6) is 0 Å². The normalized spacial score (nSPS) is 12.4. The van der Waals surface area contributed by atoms with Crippen LogP contribution in [0.25, 0.3) is 0 Å². The number of carboxylic acid groups (broad SMARTS) is 1. The number of likely N-dealkylation sites (N-methyl/N-ethyl adjacent to an activating group) is 1. The van der Waals surface area contributed by atoms with E-state index in [1.165, 1.54) is 29.2 Å². The second-order valence-corrected chi connectivity index (χ2v) is 5.59. The van der Waals surface area contributed by atoms with Gasteiger partial charge in [-0.05, 0) is 7.05 Å². The van der Waals surface area contributed by atoms with E-state index in [1.54, 1.807) is 7.05 Å². The average molecular weight is 477 g/mol. The van der Waals surface area contributed by atoms with Gasteiger partial charge in [-0.2, -0.15) is 0 Å². The number of nitrogens with two attached hydrogens (primary N) is 5. The summed E-state index contributed by atoms with van der Waals surface area (Å²) < 4.78 is 23.2. The Morgan fingerprint density at radius 1 is 0.788 bits per heavy atom. The largest absolute Gasteiger partial charge is 0.481 e. The summed E-state index contributed by atoms with van der Waals surface area (Å²) in [6.45, 7) is 2.21. The predicted octanol–water partition coefficient (Wildman–Crippen LogP) is -5.71. The van der Waals surface area contributed by atoms with Crippen molar-refractivity contribution in [1.29, 1.82) is 0 Å². The SMILES string of the molecule is CNC([B]OCCN)C(=O)OC.COC(=O)C(N)[B]OCCN.NCCO[B]C(N)C(=O)O. The fourth-order valence-electron chi connectivity index (χ4n) is 1.33. The van der Waals surface area contributed by atoms with Crippen molar-refractivity contribution in [3.05, 3.63) is 0 Å². The van der Waals surface area contributed by atoms with Gasteiger partial charge in [-0.3, -0.25) is 14.4 Å². The first-order valence-corrected chi connectivity index (χ1v) is 9.68. The molecule has 3 radical (unpaired) electrons. The molecule has 0 saturated carbocycles. The highest BCUT2D eigenvalue weighted by atomic mass is 16.5. The van der Waals surface area contributed by atoms with E-state index in [4.69, 9.17) is 43.1 Å². The average Bonchev–Trinajstić information content (AvgIpc) is 2.81. The molecule has 0 aromatic rings. The van der Waals surface area contributed by atoms with E-state index < -0.39 is 29.8 Å². The second-order valence-electron chi connectivity index (χ2n) is 5.59. The van der Waals surface area contributed by atoms with Crippen LogP contribution in [-0.4, -0.2) is 124 Å². The molecular weight excluding hydrogens is 441 g/mol. The van der Waals surface area contributed by atoms with Crippen molar-refractivity contribution in [3.63, 3.8) is 0 Å². The number of esters is 2. The number of ether oxygens (including phenoxy) is 2. The molecule has 0 saturated heterocycles. The van der Waals surface area contributed by atoms with Crippen LogP contribution in [-0.2, 0) is 37.8 Å². The molecule has 0 aliphatic carbocycles. The van der Waals surface area contributed by atoms with Gasteiger partial charge in [0.2, 0.25) is 0 Å². The van der Waals surface area contributed by atoms with Crippen LogP contribution in [0.1, 0.15) is 0 Å². The maximum atomic E-state index is 10.9. The molecule has 15 nitrogen and oxygen atoms in total. The second kappa shape index (κ2) is 26.5. The number of carbonyl (C=O) groups excluding carboxylic acids is 2. The van der Waals surface area contributed by atoms with Gasteiger partial charge in [-0.25, -0.2) is 0 Å². The number of hydrogen-bond acceptors (Lipinski definition) is 14. The van der Waals surface area contributed by atoms with Gasteiger partial charge >= 0.3 is 40.4 Å². The molecule has 0 bridgehead atoms. The molecule has 33 heavy (non-hydrogen) atoms. The zero-order chi connectivity index (χ0) is 26.1. The summed E-state index contributed by atoms with van der Waals surface area (Å²) >= 11 is 0. The van der Waals surface area contributed by atoms with Gasteiger partial charge in [0, 0.05) is 39.5 Å². The van der Waals surface area contributed by atoms with Gasteiger partial charge in [-0.1, -0.05) is 0 Å². The predicted molar refractivity (Wildman–Crippen MR) is 123 cm³/mol. The van der Waals surface area contributed by atoms with Crippen LogP contribution in [0, 0.1) is 0 Å². The maximum absolute atomic E-state index is 10.9. The van der Waals surface area contributed by atoms with E-state index in [0.29, 0.717) is 39.5 Å². The molecule has 3 atom stereocenters. The zero-order valence-corrected chi connectivity index (χ0v) is 19.3. The summed E-state index contributed by atoms with van der Waals surface area (Å²) in [4.78, 5) is 31.6. The van der Waals surface area contributed by atoms with Gasteiger partial charge in [0.25, 0.3) is 0 Å². The summed E-state index contributed by atoms with van der Waals surface area (Å²) in [5.74, 6) is -4.44. The molecule has 0 amide bonds. The molecular formula is C15H36B3N6O9. The Morgan fingerprint density at radius 3 is 1.52 bits per heavy atom. The van der Waals surface area contributed by atoms with Gasteiger partial charge in [0.05, 0.1) is 14.2 Å². The standard InChI is InChI=1S/C6H14BN2O3.C5H12BN2O3.C4H10BN2O3/c1-9-5(6(10)11-2)7-12-4-3-8;1-10-5(9)4(8)6-11-3-2-7;6-1-2-10-5-3(7)4(8)9/h5,9H,3-4,8H2,1-2H3;4H,2-3,7-8H2,1H3;3H,1-2,6-7H2,(H,8,9). The van der Waals surface area contributed by atoms with Crippen molar-refractivity contribution in [3.8, 4) is 0 Å². The van der Waals surface area contributed by atoms with E-state index in [9.17, 15) is 14.4 Å². The Bertz CT molecular complexity index is 500. The number of rotatable bonds is 16. The van der Waals surface area contributed by atoms with Crippen molar-refractivity contribution in [2.45, 2.75) is 17.8 Å². The molecule has 3 unspecified atom stereocenters. The topological polar surface area (TPSA) is 260 Å². The first-order chi connectivity index (χ1) is 15.7. The van der Waals surface area contributed by atoms with Crippen LogP contribution in [0.3, 0.4) is 0 Å². The van der Waals surface area contributed by atoms with Crippen LogP contribution >= 0.6 is 0 Å². The number of nitrogens with one attached hydrogen (secondary N) is 1. The Hall–Kier alpha value is -1.76. The number of carbonyl (C=O) groups is 3. The summed E-state index contributed by atoms with van der Waals surface area (Å²) in [5.41, 5.74) is 25.7. The first kappa shape index (κ1) is 35.8. The zero-order valence-electron chi connectivity index (χ0n) is 19.3. The highest BCUT2D eigenvalue weighted by molar-refractivity contribution is 6.37. The molecule has 12 N–H and O–H groups in total. The Morgan fingerprint density at radius 2 is 1.18 bits per heavy atom. The molecule has 18 heteroatoms. The quantitative estimate of drug-likeness (QED) is 0.0621. The lowest BCUT2D eigenvalue weighted by Gasteiger charge is -2.11. The van der Waals surface area contributed by atoms with E-state index in [2.05, 4.69) is 19.4 Å². The fourth-order valence-corrected chi connectivity index (χ4v) is 1.33. The van der Waals surface area contributed by atoms with Gasteiger partial charge < -0.3 is 62.5 Å².